The van der Waals surface area contributed by atoms with Crippen LogP contribution in [0.3, 0.4) is 0 Å². The lowest BCUT2D eigenvalue weighted by atomic mass is 9.89. The summed E-state index contributed by atoms with van der Waals surface area (Å²) in [5, 5.41) is 3.08. The van der Waals surface area contributed by atoms with Crippen molar-refractivity contribution in [1.29, 1.82) is 0 Å². The fourth-order valence-electron chi connectivity index (χ4n) is 2.96. The van der Waals surface area contributed by atoms with Crippen molar-refractivity contribution < 1.29 is 13.9 Å². The fourth-order valence-corrected chi connectivity index (χ4v) is 2.96. The van der Waals surface area contributed by atoms with E-state index in [0.29, 0.717) is 6.42 Å². The van der Waals surface area contributed by atoms with E-state index in [9.17, 15) is 9.18 Å². The summed E-state index contributed by atoms with van der Waals surface area (Å²) < 4.78 is 18.9. The van der Waals surface area contributed by atoms with Crippen molar-refractivity contribution in [2.24, 2.45) is 0 Å². The molecule has 0 saturated heterocycles. The normalized spacial score (nSPS) is 18.7. The summed E-state index contributed by atoms with van der Waals surface area (Å²) in [6, 6.07) is 13.7. The second-order valence-corrected chi connectivity index (χ2v) is 6.53. The van der Waals surface area contributed by atoms with Crippen molar-refractivity contribution in [2.45, 2.75) is 38.3 Å². The van der Waals surface area contributed by atoms with Gasteiger partial charge in [0.2, 0.25) is 5.91 Å². The van der Waals surface area contributed by atoms with Gasteiger partial charge in [-0.3, -0.25) is 4.79 Å². The lowest BCUT2D eigenvalue weighted by Crippen LogP contribution is -2.41. The predicted molar refractivity (Wildman–Crippen MR) is 86.8 cm³/mol. The Morgan fingerprint density at radius 2 is 1.91 bits per heavy atom. The van der Waals surface area contributed by atoms with E-state index in [1.54, 1.807) is 12.1 Å². The van der Waals surface area contributed by atoms with E-state index in [1.807, 2.05) is 38.1 Å². The summed E-state index contributed by atoms with van der Waals surface area (Å²) in [7, 11) is 0. The number of fused-ring (bicyclic) bond motifs is 1. The Morgan fingerprint density at radius 3 is 2.65 bits per heavy atom. The summed E-state index contributed by atoms with van der Waals surface area (Å²) >= 11 is 0. The number of carbonyl (C=O) groups is 1. The number of benzene rings is 2. The van der Waals surface area contributed by atoms with E-state index in [1.165, 1.54) is 12.1 Å². The highest BCUT2D eigenvalue weighted by Crippen LogP contribution is 2.39. The van der Waals surface area contributed by atoms with Crippen molar-refractivity contribution in [3.8, 4) is 5.75 Å². The molecule has 0 aliphatic carbocycles. The Hall–Kier alpha value is -2.36. The molecule has 1 amide bonds. The van der Waals surface area contributed by atoms with E-state index in [0.717, 1.165) is 16.9 Å². The topological polar surface area (TPSA) is 38.3 Å². The van der Waals surface area contributed by atoms with Crippen molar-refractivity contribution in [3.63, 3.8) is 0 Å². The van der Waals surface area contributed by atoms with Crippen LogP contribution in [0.1, 0.15) is 37.4 Å². The molecule has 3 rings (SSSR count). The number of para-hydroxylation sites is 1. The standard InChI is InChI=1S/C19H20FNO2/c1-19(2)12-16(15-5-3-4-6-17(15)23-19)21-18(22)11-13-7-9-14(20)10-8-13/h3-10,16H,11-12H2,1-2H3,(H,21,22)/t16-/m1/s1. The van der Waals surface area contributed by atoms with Gasteiger partial charge in [0.25, 0.3) is 0 Å². The molecule has 1 N–H and O–H groups in total. The van der Waals surface area contributed by atoms with Crippen molar-refractivity contribution in [1.82, 2.24) is 5.32 Å². The molecule has 0 saturated carbocycles. The summed E-state index contributed by atoms with van der Waals surface area (Å²) in [5.41, 5.74) is 1.46. The fraction of sp³-hybridized carbons (Fsp3) is 0.316. The van der Waals surface area contributed by atoms with Gasteiger partial charge in [0.1, 0.15) is 17.2 Å². The zero-order chi connectivity index (χ0) is 16.4. The maximum absolute atomic E-state index is 12.9. The van der Waals surface area contributed by atoms with Crippen LogP contribution >= 0.6 is 0 Å². The Morgan fingerprint density at radius 1 is 1.22 bits per heavy atom. The van der Waals surface area contributed by atoms with Gasteiger partial charge in [-0.25, -0.2) is 4.39 Å². The smallest absolute Gasteiger partial charge is 0.224 e. The van der Waals surface area contributed by atoms with Crippen LogP contribution in [-0.4, -0.2) is 11.5 Å². The second kappa shape index (κ2) is 6.03. The molecule has 0 bridgehead atoms. The van der Waals surface area contributed by atoms with Gasteiger partial charge in [0.05, 0.1) is 12.5 Å². The zero-order valence-electron chi connectivity index (χ0n) is 13.3. The third-order valence-corrected chi connectivity index (χ3v) is 3.99. The minimum absolute atomic E-state index is 0.0749. The van der Waals surface area contributed by atoms with E-state index in [-0.39, 0.29) is 29.8 Å². The highest BCUT2D eigenvalue weighted by atomic mass is 19.1. The molecule has 0 aromatic heterocycles. The molecule has 1 aliphatic rings. The molecule has 1 heterocycles. The Kier molecular flexibility index (Phi) is 4.07. The van der Waals surface area contributed by atoms with Gasteiger partial charge in [-0.2, -0.15) is 0 Å². The van der Waals surface area contributed by atoms with Gasteiger partial charge in [0, 0.05) is 12.0 Å². The maximum Gasteiger partial charge on any atom is 0.224 e. The average Bonchev–Trinajstić information content (AvgIpc) is 2.48. The van der Waals surface area contributed by atoms with Crippen LogP contribution in [-0.2, 0) is 11.2 Å². The minimum atomic E-state index is -0.331. The first-order chi connectivity index (χ1) is 10.9. The van der Waals surface area contributed by atoms with Crippen LogP contribution in [0.15, 0.2) is 48.5 Å². The molecular formula is C19H20FNO2. The number of halogens is 1. The molecule has 1 aliphatic heterocycles. The van der Waals surface area contributed by atoms with E-state index in [2.05, 4.69) is 5.32 Å². The Balaban J connectivity index is 1.74. The Bertz CT molecular complexity index is 710. The molecule has 0 unspecified atom stereocenters. The van der Waals surface area contributed by atoms with Crippen molar-refractivity contribution >= 4 is 5.91 Å². The third-order valence-electron chi connectivity index (χ3n) is 3.99. The first kappa shape index (κ1) is 15.5. The number of rotatable bonds is 3. The number of carbonyl (C=O) groups excluding carboxylic acids is 1. The van der Waals surface area contributed by atoms with Crippen molar-refractivity contribution in [3.05, 3.63) is 65.5 Å². The largest absolute Gasteiger partial charge is 0.487 e. The van der Waals surface area contributed by atoms with E-state index >= 15 is 0 Å². The van der Waals surface area contributed by atoms with Gasteiger partial charge in [-0.05, 0) is 37.6 Å². The third kappa shape index (κ3) is 3.70. The quantitative estimate of drug-likeness (QED) is 0.936. The molecule has 23 heavy (non-hydrogen) atoms. The summed E-state index contributed by atoms with van der Waals surface area (Å²) in [4.78, 5) is 12.3. The SMILES string of the molecule is CC1(C)C[C@@H](NC(=O)Cc2ccc(F)cc2)c2ccccc2O1. The van der Waals surface area contributed by atoms with Gasteiger partial charge in [0.15, 0.2) is 0 Å². The first-order valence-corrected chi connectivity index (χ1v) is 7.75. The van der Waals surface area contributed by atoms with Crippen LogP contribution < -0.4 is 10.1 Å². The van der Waals surface area contributed by atoms with E-state index in [4.69, 9.17) is 4.74 Å². The highest BCUT2D eigenvalue weighted by Gasteiger charge is 2.34. The first-order valence-electron chi connectivity index (χ1n) is 7.75. The molecule has 0 radical (unpaired) electrons. The molecule has 0 fully saturated rings. The number of hydrogen-bond donors (Lipinski definition) is 1. The molecule has 1 atom stereocenters. The lowest BCUT2D eigenvalue weighted by molar-refractivity contribution is -0.121. The monoisotopic (exact) mass is 313 g/mol. The van der Waals surface area contributed by atoms with Crippen LogP contribution in [0.25, 0.3) is 0 Å². The molecule has 120 valence electrons. The van der Waals surface area contributed by atoms with Crippen LogP contribution in [0, 0.1) is 5.82 Å². The molecular weight excluding hydrogens is 293 g/mol. The molecule has 2 aromatic rings. The second-order valence-electron chi connectivity index (χ2n) is 6.53. The average molecular weight is 313 g/mol. The number of amides is 1. The maximum atomic E-state index is 12.9. The van der Waals surface area contributed by atoms with Gasteiger partial charge in [-0.1, -0.05) is 30.3 Å². The van der Waals surface area contributed by atoms with Crippen LogP contribution in [0.5, 0.6) is 5.75 Å². The predicted octanol–water partition coefficient (Wildman–Crippen LogP) is 3.79. The van der Waals surface area contributed by atoms with E-state index < -0.39 is 0 Å². The summed E-state index contributed by atoms with van der Waals surface area (Å²) in [6.07, 6.45) is 0.944. The molecule has 3 nitrogen and oxygen atoms in total. The van der Waals surface area contributed by atoms with Crippen LogP contribution in [0.2, 0.25) is 0 Å². The summed E-state index contributed by atoms with van der Waals surface area (Å²) in [6.45, 7) is 4.03. The van der Waals surface area contributed by atoms with Crippen LogP contribution in [0.4, 0.5) is 4.39 Å². The molecule has 0 spiro atoms. The number of hydrogen-bond acceptors (Lipinski definition) is 2. The lowest BCUT2D eigenvalue weighted by Gasteiger charge is -2.37. The van der Waals surface area contributed by atoms with Gasteiger partial charge >= 0.3 is 0 Å². The van der Waals surface area contributed by atoms with Gasteiger partial charge < -0.3 is 10.1 Å². The summed E-state index contributed by atoms with van der Waals surface area (Å²) in [5.74, 6) is 0.444. The minimum Gasteiger partial charge on any atom is -0.487 e. The Labute approximate surface area is 135 Å². The van der Waals surface area contributed by atoms with Crippen molar-refractivity contribution in [2.75, 3.05) is 0 Å². The number of nitrogens with one attached hydrogen (secondary N) is 1. The molecule has 2 aromatic carbocycles. The highest BCUT2D eigenvalue weighted by molar-refractivity contribution is 5.79. The zero-order valence-corrected chi connectivity index (χ0v) is 13.3. The molecule has 4 heteroatoms. The number of ether oxygens (including phenoxy) is 1. The van der Waals surface area contributed by atoms with Gasteiger partial charge in [-0.15, -0.1) is 0 Å².